The van der Waals surface area contributed by atoms with E-state index in [1.807, 2.05) is 19.1 Å². The smallest absolute Gasteiger partial charge is 0.338 e. The van der Waals surface area contributed by atoms with Gasteiger partial charge in [-0.3, -0.25) is 9.59 Å². The Labute approximate surface area is 230 Å². The van der Waals surface area contributed by atoms with Gasteiger partial charge in [0.2, 0.25) is 0 Å². The molecule has 1 heterocycles. The number of carbonyl (C=O) groups excluding carboxylic acids is 3. The molecule has 0 radical (unpaired) electrons. The average Bonchev–Trinajstić information content (AvgIpc) is 3.47. The van der Waals surface area contributed by atoms with Crippen molar-refractivity contribution in [2.45, 2.75) is 26.4 Å². The Morgan fingerprint density at radius 1 is 0.950 bits per heavy atom. The van der Waals surface area contributed by atoms with Crippen LogP contribution in [0.1, 0.15) is 55.9 Å². The third kappa shape index (κ3) is 7.10. The predicted molar refractivity (Wildman–Crippen MR) is 145 cm³/mol. The summed E-state index contributed by atoms with van der Waals surface area (Å²) in [5, 5.41) is 6.63. The van der Waals surface area contributed by atoms with E-state index in [0.29, 0.717) is 30.0 Å². The van der Waals surface area contributed by atoms with Crippen molar-refractivity contribution in [3.8, 4) is 5.75 Å². The first-order chi connectivity index (χ1) is 19.4. The number of ether oxygens (including phenoxy) is 2. The predicted octanol–water partition coefficient (Wildman–Crippen LogP) is 5.17. The highest BCUT2D eigenvalue weighted by Crippen LogP contribution is 2.22. The first-order valence-electron chi connectivity index (χ1n) is 12.6. The summed E-state index contributed by atoms with van der Waals surface area (Å²) in [4.78, 5) is 39.7. The molecular weight excluding hydrogens is 517 g/mol. The Bertz CT molecular complexity index is 1450. The maximum Gasteiger partial charge on any atom is 0.338 e. The van der Waals surface area contributed by atoms with Crippen molar-refractivity contribution >= 4 is 23.5 Å². The van der Waals surface area contributed by atoms with Gasteiger partial charge in [-0.05, 0) is 72.6 Å². The lowest BCUT2D eigenvalue weighted by molar-refractivity contribution is 0.0505. The molecule has 0 saturated carbocycles. The van der Waals surface area contributed by atoms with Crippen molar-refractivity contribution in [1.82, 2.24) is 10.5 Å². The van der Waals surface area contributed by atoms with Crippen molar-refractivity contribution in [2.75, 3.05) is 18.6 Å². The van der Waals surface area contributed by atoms with Gasteiger partial charge in [-0.2, -0.15) is 0 Å². The van der Waals surface area contributed by atoms with Crippen LogP contribution in [0.4, 0.5) is 10.1 Å². The molecule has 0 unspecified atom stereocenters. The number of amides is 2. The van der Waals surface area contributed by atoms with Gasteiger partial charge in [0.15, 0.2) is 11.5 Å². The van der Waals surface area contributed by atoms with Crippen LogP contribution in [0.5, 0.6) is 5.75 Å². The molecule has 10 heteroatoms. The molecule has 1 N–H and O–H groups in total. The maximum absolute atomic E-state index is 13.5. The standard InChI is InChI=1S/C30H28FN3O6/c1-3-16-39-30(37)22-8-12-24(13-9-22)34(29(36)21-6-10-23(31)11-7-21)19-26-17-27(33-40-26)28(35)32-18-20-4-14-25(38-2)15-5-20/h4-15,17H,3,16,18-19H2,1-2H3,(H,32,35). The molecule has 40 heavy (non-hydrogen) atoms. The second-order valence-corrected chi connectivity index (χ2v) is 8.79. The van der Waals surface area contributed by atoms with Crippen LogP contribution >= 0.6 is 0 Å². The van der Waals surface area contributed by atoms with Gasteiger partial charge in [0.1, 0.15) is 11.6 Å². The number of anilines is 1. The van der Waals surface area contributed by atoms with Gasteiger partial charge in [-0.15, -0.1) is 0 Å². The fourth-order valence-corrected chi connectivity index (χ4v) is 3.75. The third-order valence-corrected chi connectivity index (χ3v) is 5.91. The Hall–Kier alpha value is -4.99. The molecule has 0 spiro atoms. The molecule has 9 nitrogen and oxygen atoms in total. The number of rotatable bonds is 11. The lowest BCUT2D eigenvalue weighted by Crippen LogP contribution is -2.30. The highest BCUT2D eigenvalue weighted by atomic mass is 19.1. The Morgan fingerprint density at radius 2 is 1.62 bits per heavy atom. The molecule has 3 aromatic carbocycles. The molecule has 0 aliphatic rings. The van der Waals surface area contributed by atoms with E-state index in [2.05, 4.69) is 10.5 Å². The quantitative estimate of drug-likeness (QED) is 0.259. The minimum Gasteiger partial charge on any atom is -0.497 e. The highest BCUT2D eigenvalue weighted by Gasteiger charge is 2.22. The summed E-state index contributed by atoms with van der Waals surface area (Å²) >= 11 is 0. The normalized spacial score (nSPS) is 10.6. The molecule has 0 atom stereocenters. The molecule has 4 aromatic rings. The molecule has 0 fully saturated rings. The topological polar surface area (TPSA) is 111 Å². The van der Waals surface area contributed by atoms with Gasteiger partial charge in [0, 0.05) is 23.9 Å². The molecule has 0 saturated heterocycles. The highest BCUT2D eigenvalue weighted by molar-refractivity contribution is 6.06. The molecular formula is C30H28FN3O6. The number of aromatic nitrogens is 1. The van der Waals surface area contributed by atoms with E-state index < -0.39 is 23.6 Å². The number of nitrogens with zero attached hydrogens (tertiary/aromatic N) is 2. The molecule has 0 aliphatic carbocycles. The van der Waals surface area contributed by atoms with E-state index >= 15 is 0 Å². The van der Waals surface area contributed by atoms with Gasteiger partial charge in [0.05, 0.1) is 25.8 Å². The second kappa shape index (κ2) is 13.2. The summed E-state index contributed by atoms with van der Waals surface area (Å²) in [6.07, 6.45) is 0.697. The number of nitrogens with one attached hydrogen (secondary N) is 1. The summed E-state index contributed by atoms with van der Waals surface area (Å²) < 4.78 is 29.2. The zero-order valence-corrected chi connectivity index (χ0v) is 22.1. The van der Waals surface area contributed by atoms with E-state index in [1.54, 1.807) is 43.5 Å². The maximum atomic E-state index is 13.5. The van der Waals surface area contributed by atoms with E-state index in [-0.39, 0.29) is 30.1 Å². The molecule has 206 valence electrons. The number of esters is 1. The zero-order valence-electron chi connectivity index (χ0n) is 22.1. The van der Waals surface area contributed by atoms with Crippen molar-refractivity contribution in [3.63, 3.8) is 0 Å². The number of methoxy groups -OCH3 is 1. The minimum absolute atomic E-state index is 0.0479. The Morgan fingerprint density at radius 3 is 2.27 bits per heavy atom. The molecule has 1 aromatic heterocycles. The van der Waals surface area contributed by atoms with Gasteiger partial charge in [0.25, 0.3) is 11.8 Å². The van der Waals surface area contributed by atoms with Crippen LogP contribution in [0.3, 0.4) is 0 Å². The average molecular weight is 546 g/mol. The summed E-state index contributed by atoms with van der Waals surface area (Å²) in [5.41, 5.74) is 1.94. The Kier molecular flexibility index (Phi) is 9.24. The number of hydrogen-bond acceptors (Lipinski definition) is 7. The van der Waals surface area contributed by atoms with Crippen LogP contribution in [0, 0.1) is 5.82 Å². The zero-order chi connectivity index (χ0) is 28.5. The van der Waals surface area contributed by atoms with Gasteiger partial charge in [-0.1, -0.05) is 24.2 Å². The van der Waals surface area contributed by atoms with E-state index in [4.69, 9.17) is 14.0 Å². The summed E-state index contributed by atoms with van der Waals surface area (Å²) in [6.45, 7) is 2.40. The number of halogens is 1. The van der Waals surface area contributed by atoms with Crippen molar-refractivity contribution in [3.05, 3.63) is 113 Å². The van der Waals surface area contributed by atoms with Crippen LogP contribution in [0.2, 0.25) is 0 Å². The lowest BCUT2D eigenvalue weighted by Gasteiger charge is -2.22. The van der Waals surface area contributed by atoms with E-state index in [9.17, 15) is 18.8 Å². The molecule has 2 amide bonds. The number of carbonyl (C=O) groups is 3. The van der Waals surface area contributed by atoms with Crippen LogP contribution in [-0.4, -0.2) is 36.7 Å². The van der Waals surface area contributed by atoms with Crippen LogP contribution in [-0.2, 0) is 17.8 Å². The van der Waals surface area contributed by atoms with Gasteiger partial charge < -0.3 is 24.2 Å². The van der Waals surface area contributed by atoms with Crippen LogP contribution < -0.4 is 15.0 Å². The molecule has 0 aliphatic heterocycles. The van der Waals surface area contributed by atoms with E-state index in [1.165, 1.54) is 35.2 Å². The second-order valence-electron chi connectivity index (χ2n) is 8.79. The number of benzene rings is 3. The number of hydrogen-bond donors (Lipinski definition) is 1. The van der Waals surface area contributed by atoms with Crippen LogP contribution in [0.25, 0.3) is 0 Å². The third-order valence-electron chi connectivity index (χ3n) is 5.91. The first kappa shape index (κ1) is 28.0. The fraction of sp³-hybridized carbons (Fsp3) is 0.200. The van der Waals surface area contributed by atoms with Gasteiger partial charge >= 0.3 is 5.97 Å². The van der Waals surface area contributed by atoms with Crippen LogP contribution in [0.15, 0.2) is 83.4 Å². The SMILES string of the molecule is CCCOC(=O)c1ccc(N(Cc2cc(C(=O)NCc3ccc(OC)cc3)no2)C(=O)c2ccc(F)cc2)cc1. The first-order valence-corrected chi connectivity index (χ1v) is 12.6. The van der Waals surface area contributed by atoms with Crippen molar-refractivity contribution in [1.29, 1.82) is 0 Å². The van der Waals surface area contributed by atoms with Crippen molar-refractivity contribution < 1.29 is 32.8 Å². The molecule has 4 rings (SSSR count). The monoisotopic (exact) mass is 545 g/mol. The summed E-state index contributed by atoms with van der Waals surface area (Å²) in [6, 6.07) is 20.1. The fourth-order valence-electron chi connectivity index (χ4n) is 3.75. The summed E-state index contributed by atoms with van der Waals surface area (Å²) in [5.74, 6) is -0.872. The minimum atomic E-state index is -0.474. The summed E-state index contributed by atoms with van der Waals surface area (Å²) in [7, 11) is 1.58. The molecule has 0 bridgehead atoms. The Balaban J connectivity index is 1.50. The van der Waals surface area contributed by atoms with Crippen molar-refractivity contribution in [2.24, 2.45) is 0 Å². The largest absolute Gasteiger partial charge is 0.497 e. The lowest BCUT2D eigenvalue weighted by atomic mass is 10.1. The van der Waals surface area contributed by atoms with Gasteiger partial charge in [-0.25, -0.2) is 9.18 Å². The van der Waals surface area contributed by atoms with E-state index in [0.717, 1.165) is 5.56 Å².